The zero-order chi connectivity index (χ0) is 10.3. The van der Waals surface area contributed by atoms with Crippen molar-refractivity contribution >= 4 is 11.6 Å². The largest absolute Gasteiger partial charge is 0.326 e. The van der Waals surface area contributed by atoms with Gasteiger partial charge in [0, 0.05) is 17.5 Å². The molecule has 0 saturated carbocycles. The van der Waals surface area contributed by atoms with Crippen LogP contribution in [-0.2, 0) is 10.2 Å². The normalized spacial score (nSPS) is 18.6. The van der Waals surface area contributed by atoms with E-state index in [0.717, 1.165) is 5.69 Å². The fourth-order valence-electron chi connectivity index (χ4n) is 2.04. The van der Waals surface area contributed by atoms with Crippen molar-refractivity contribution in [1.82, 2.24) is 0 Å². The molecule has 2 heteroatoms. The Bertz CT molecular complexity index is 393. The zero-order valence-corrected chi connectivity index (χ0v) is 8.85. The smallest absolute Gasteiger partial charge is 0.225 e. The first-order valence-electron chi connectivity index (χ1n) is 4.90. The van der Waals surface area contributed by atoms with Gasteiger partial charge < -0.3 is 5.32 Å². The Hall–Kier alpha value is -1.31. The first-order valence-corrected chi connectivity index (χ1v) is 4.90. The number of benzene rings is 1. The minimum atomic E-state index is -0.0363. The van der Waals surface area contributed by atoms with Crippen molar-refractivity contribution in [3.05, 3.63) is 29.3 Å². The third-order valence-electron chi connectivity index (χ3n) is 2.78. The number of fused-ring (bicyclic) bond motifs is 1. The molecule has 14 heavy (non-hydrogen) atoms. The number of rotatable bonds is 0. The highest BCUT2D eigenvalue weighted by atomic mass is 16.1. The van der Waals surface area contributed by atoms with Gasteiger partial charge in [-0.15, -0.1) is 0 Å². The van der Waals surface area contributed by atoms with Gasteiger partial charge in [0.05, 0.1) is 0 Å². The van der Waals surface area contributed by atoms with E-state index in [2.05, 4.69) is 31.3 Å². The van der Waals surface area contributed by atoms with E-state index in [1.54, 1.807) is 0 Å². The van der Waals surface area contributed by atoms with Gasteiger partial charge >= 0.3 is 0 Å². The first-order chi connectivity index (χ1) is 6.49. The highest BCUT2D eigenvalue weighted by Crippen LogP contribution is 2.37. The van der Waals surface area contributed by atoms with Crippen molar-refractivity contribution in [2.75, 3.05) is 5.32 Å². The summed E-state index contributed by atoms with van der Waals surface area (Å²) in [5.74, 6) is 0.119. The number of aryl methyl sites for hydroxylation is 1. The minimum absolute atomic E-state index is 0.0363. The minimum Gasteiger partial charge on any atom is -0.326 e. The van der Waals surface area contributed by atoms with Crippen LogP contribution in [0.5, 0.6) is 0 Å². The highest BCUT2D eigenvalue weighted by molar-refractivity contribution is 5.95. The van der Waals surface area contributed by atoms with E-state index in [1.165, 1.54) is 11.1 Å². The molecule has 1 aromatic carbocycles. The Morgan fingerprint density at radius 2 is 2.07 bits per heavy atom. The van der Waals surface area contributed by atoms with Crippen LogP contribution in [0.2, 0.25) is 0 Å². The topological polar surface area (TPSA) is 29.1 Å². The molecule has 1 N–H and O–H groups in total. The number of anilines is 1. The molecule has 1 aliphatic rings. The maximum absolute atomic E-state index is 11.4. The molecule has 1 heterocycles. The van der Waals surface area contributed by atoms with Crippen LogP contribution in [0.4, 0.5) is 5.69 Å². The molecule has 74 valence electrons. The fraction of sp³-hybridized carbons (Fsp3) is 0.417. The lowest BCUT2D eigenvalue weighted by Gasteiger charge is -2.32. The van der Waals surface area contributed by atoms with E-state index in [1.807, 2.05) is 13.0 Å². The van der Waals surface area contributed by atoms with Crippen LogP contribution in [0.25, 0.3) is 0 Å². The summed E-state index contributed by atoms with van der Waals surface area (Å²) >= 11 is 0. The summed E-state index contributed by atoms with van der Waals surface area (Å²) in [4.78, 5) is 11.4. The van der Waals surface area contributed by atoms with E-state index in [9.17, 15) is 4.79 Å². The Kier molecular flexibility index (Phi) is 1.88. The number of hydrogen-bond donors (Lipinski definition) is 1. The van der Waals surface area contributed by atoms with Gasteiger partial charge in [-0.1, -0.05) is 26.0 Å². The summed E-state index contributed by atoms with van der Waals surface area (Å²) in [5, 5.41) is 2.92. The van der Waals surface area contributed by atoms with Gasteiger partial charge in [-0.05, 0) is 24.1 Å². The maximum atomic E-state index is 11.4. The number of nitrogens with one attached hydrogen (secondary N) is 1. The van der Waals surface area contributed by atoms with E-state index in [-0.39, 0.29) is 11.3 Å². The lowest BCUT2D eigenvalue weighted by atomic mass is 9.78. The van der Waals surface area contributed by atoms with Crippen molar-refractivity contribution in [3.63, 3.8) is 0 Å². The van der Waals surface area contributed by atoms with Crippen molar-refractivity contribution in [2.24, 2.45) is 0 Å². The number of carbonyl (C=O) groups excluding carboxylic acids is 1. The summed E-state index contributed by atoms with van der Waals surface area (Å²) < 4.78 is 0. The second kappa shape index (κ2) is 2.84. The molecule has 0 aliphatic carbocycles. The average molecular weight is 189 g/mol. The van der Waals surface area contributed by atoms with E-state index in [4.69, 9.17) is 0 Å². The van der Waals surface area contributed by atoms with Crippen LogP contribution < -0.4 is 5.32 Å². The molecule has 0 aromatic heterocycles. The number of hydrogen-bond acceptors (Lipinski definition) is 1. The molecule has 1 aromatic rings. The molecular formula is C12H15NO. The number of amides is 1. The molecule has 0 saturated heterocycles. The molecule has 1 amide bonds. The molecule has 0 spiro atoms. The average Bonchev–Trinajstić information content (AvgIpc) is 2.00. The highest BCUT2D eigenvalue weighted by Gasteiger charge is 2.31. The third kappa shape index (κ3) is 1.41. The summed E-state index contributed by atoms with van der Waals surface area (Å²) in [6.07, 6.45) is 0.572. The monoisotopic (exact) mass is 189 g/mol. The number of carbonyl (C=O) groups is 1. The van der Waals surface area contributed by atoms with E-state index >= 15 is 0 Å². The lowest BCUT2D eigenvalue weighted by molar-refractivity contribution is -0.117. The van der Waals surface area contributed by atoms with Crippen molar-refractivity contribution < 1.29 is 4.79 Å². The Balaban J connectivity index is 2.57. The second-order valence-electron chi connectivity index (χ2n) is 4.66. The SMILES string of the molecule is Cc1ccc2c(c1)NC(=O)CC2(C)C. The predicted molar refractivity (Wildman–Crippen MR) is 57.5 cm³/mol. The first kappa shape index (κ1) is 9.25. The molecular weight excluding hydrogens is 174 g/mol. The quantitative estimate of drug-likeness (QED) is 0.667. The van der Waals surface area contributed by atoms with Crippen LogP contribution in [0.15, 0.2) is 18.2 Å². The van der Waals surface area contributed by atoms with E-state index < -0.39 is 0 Å². The van der Waals surface area contributed by atoms with Crippen molar-refractivity contribution in [3.8, 4) is 0 Å². The summed E-state index contributed by atoms with van der Waals surface area (Å²) in [6, 6.07) is 6.25. The van der Waals surface area contributed by atoms with Gasteiger partial charge in [-0.2, -0.15) is 0 Å². The molecule has 2 nitrogen and oxygen atoms in total. The van der Waals surface area contributed by atoms with Crippen LogP contribution >= 0.6 is 0 Å². The van der Waals surface area contributed by atoms with Crippen LogP contribution in [0, 0.1) is 6.92 Å². The standard InChI is InChI=1S/C12H15NO/c1-8-4-5-9-10(6-8)13-11(14)7-12(9,2)3/h4-6H,7H2,1-3H3,(H,13,14). The summed E-state index contributed by atoms with van der Waals surface area (Å²) in [7, 11) is 0. The maximum Gasteiger partial charge on any atom is 0.225 e. The van der Waals surface area contributed by atoms with Gasteiger partial charge in [0.25, 0.3) is 0 Å². The predicted octanol–water partition coefficient (Wildman–Crippen LogP) is 2.61. The molecule has 0 atom stereocenters. The summed E-state index contributed by atoms with van der Waals surface area (Å²) in [6.45, 7) is 6.26. The van der Waals surface area contributed by atoms with Crippen molar-refractivity contribution in [2.45, 2.75) is 32.6 Å². The molecule has 0 fully saturated rings. The summed E-state index contributed by atoms with van der Waals surface area (Å²) in [5.41, 5.74) is 3.36. The second-order valence-corrected chi connectivity index (χ2v) is 4.66. The molecule has 0 unspecified atom stereocenters. The van der Waals surface area contributed by atoms with Gasteiger partial charge in [0.1, 0.15) is 0 Å². The van der Waals surface area contributed by atoms with Gasteiger partial charge in [0.15, 0.2) is 0 Å². The fourth-order valence-corrected chi connectivity index (χ4v) is 2.04. The molecule has 0 bridgehead atoms. The van der Waals surface area contributed by atoms with Crippen molar-refractivity contribution in [1.29, 1.82) is 0 Å². The van der Waals surface area contributed by atoms with Gasteiger partial charge in [0.2, 0.25) is 5.91 Å². The van der Waals surface area contributed by atoms with Gasteiger partial charge in [-0.3, -0.25) is 4.79 Å². The molecule has 1 aliphatic heterocycles. The Labute approximate surface area is 84.3 Å². The third-order valence-corrected chi connectivity index (χ3v) is 2.78. The zero-order valence-electron chi connectivity index (χ0n) is 8.85. The van der Waals surface area contributed by atoms with Crippen LogP contribution in [0.1, 0.15) is 31.4 Å². The van der Waals surface area contributed by atoms with E-state index in [0.29, 0.717) is 6.42 Å². The lowest BCUT2D eigenvalue weighted by Crippen LogP contribution is -2.32. The van der Waals surface area contributed by atoms with Crippen LogP contribution in [-0.4, -0.2) is 5.91 Å². The molecule has 2 rings (SSSR count). The molecule has 0 radical (unpaired) electrons. The van der Waals surface area contributed by atoms with Crippen LogP contribution in [0.3, 0.4) is 0 Å². The van der Waals surface area contributed by atoms with Gasteiger partial charge in [-0.25, -0.2) is 0 Å². The Morgan fingerprint density at radius 3 is 2.79 bits per heavy atom. The Morgan fingerprint density at radius 1 is 1.36 bits per heavy atom.